The van der Waals surface area contributed by atoms with E-state index in [9.17, 15) is 4.79 Å². The van der Waals surface area contributed by atoms with Crippen molar-refractivity contribution in [1.29, 1.82) is 0 Å². The summed E-state index contributed by atoms with van der Waals surface area (Å²) in [6.45, 7) is 1.57. The fraction of sp³-hybridized carbons (Fsp3) is 0.286. The topological polar surface area (TPSA) is 89.9 Å². The number of hydrogen-bond donors (Lipinski definition) is 0. The second-order valence-corrected chi connectivity index (χ2v) is 8.18. The second kappa shape index (κ2) is 7.61. The Kier molecular flexibility index (Phi) is 4.79. The Morgan fingerprint density at radius 2 is 1.97 bits per heavy atom. The number of piperidine rings is 1. The normalized spacial score (nSPS) is 15.1. The van der Waals surface area contributed by atoms with E-state index < -0.39 is 0 Å². The molecule has 1 unspecified atom stereocenters. The van der Waals surface area contributed by atoms with Gasteiger partial charge >= 0.3 is 0 Å². The third kappa shape index (κ3) is 3.37. The summed E-state index contributed by atoms with van der Waals surface area (Å²) in [5, 5.41) is 6.51. The molecule has 0 amide bonds. The van der Waals surface area contributed by atoms with Crippen LogP contribution in [-0.4, -0.2) is 37.8 Å². The monoisotopic (exact) mass is 420 g/mol. The lowest BCUT2D eigenvalue weighted by atomic mass is 9.92. The molecule has 0 saturated carbocycles. The molecular weight excluding hydrogens is 399 g/mol. The Hall–Kier alpha value is -3.12. The molecule has 1 saturated heterocycles. The van der Waals surface area contributed by atoms with E-state index >= 15 is 0 Å². The molecule has 1 fully saturated rings. The van der Waals surface area contributed by atoms with Crippen LogP contribution >= 0.6 is 9.24 Å². The molecule has 9 heteroatoms. The third-order valence-electron chi connectivity index (χ3n) is 5.64. The zero-order chi connectivity index (χ0) is 20.7. The highest BCUT2D eigenvalue weighted by atomic mass is 31.0. The number of fused-ring (bicyclic) bond motifs is 1. The smallest absolute Gasteiger partial charge is 0.255 e. The molecule has 152 valence electrons. The van der Waals surface area contributed by atoms with Crippen molar-refractivity contribution in [2.75, 3.05) is 18.0 Å². The van der Waals surface area contributed by atoms with Crippen molar-refractivity contribution in [3.05, 3.63) is 58.9 Å². The fourth-order valence-electron chi connectivity index (χ4n) is 4.00. The van der Waals surface area contributed by atoms with Crippen molar-refractivity contribution >= 4 is 31.5 Å². The molecule has 0 aliphatic carbocycles. The van der Waals surface area contributed by atoms with E-state index in [1.54, 1.807) is 23.9 Å². The molecule has 5 rings (SSSR count). The number of rotatable bonds is 3. The van der Waals surface area contributed by atoms with Gasteiger partial charge in [-0.25, -0.2) is 15.0 Å². The number of anilines is 1. The van der Waals surface area contributed by atoms with Gasteiger partial charge in [0.1, 0.15) is 6.33 Å². The van der Waals surface area contributed by atoms with E-state index in [1.165, 1.54) is 12.4 Å². The first-order valence-electron chi connectivity index (χ1n) is 9.84. The second-order valence-electron chi connectivity index (χ2n) is 7.52. The molecule has 1 aliphatic heterocycles. The molecule has 1 aliphatic rings. The Morgan fingerprint density at radius 3 is 2.73 bits per heavy atom. The average Bonchev–Trinajstić information content (AvgIpc) is 3.19. The van der Waals surface area contributed by atoms with Crippen molar-refractivity contribution in [2.45, 2.75) is 18.8 Å². The van der Waals surface area contributed by atoms with Gasteiger partial charge in [0.15, 0.2) is 5.58 Å². The van der Waals surface area contributed by atoms with Gasteiger partial charge in [0, 0.05) is 43.7 Å². The minimum Gasteiger partial charge on any atom is -0.356 e. The maximum atomic E-state index is 12.5. The summed E-state index contributed by atoms with van der Waals surface area (Å²) in [4.78, 5) is 27.6. The van der Waals surface area contributed by atoms with Gasteiger partial charge in [-0.15, -0.1) is 9.24 Å². The highest BCUT2D eigenvalue weighted by Crippen LogP contribution is 2.33. The van der Waals surface area contributed by atoms with Crippen LogP contribution in [0.3, 0.4) is 0 Å². The largest absolute Gasteiger partial charge is 0.356 e. The Labute approximate surface area is 175 Å². The lowest BCUT2D eigenvalue weighted by molar-refractivity contribution is 0.415. The van der Waals surface area contributed by atoms with Crippen LogP contribution in [0.5, 0.6) is 0 Å². The number of benzene rings is 1. The van der Waals surface area contributed by atoms with Gasteiger partial charge in [-0.3, -0.25) is 9.36 Å². The van der Waals surface area contributed by atoms with Gasteiger partial charge in [-0.05, 0) is 36.3 Å². The molecule has 1 aromatic carbocycles. The molecule has 3 aromatic heterocycles. The van der Waals surface area contributed by atoms with Crippen LogP contribution in [0.2, 0.25) is 0 Å². The first-order valence-corrected chi connectivity index (χ1v) is 10.4. The van der Waals surface area contributed by atoms with Crippen LogP contribution in [-0.2, 0) is 7.05 Å². The van der Waals surface area contributed by atoms with Gasteiger partial charge in [0.05, 0.1) is 17.1 Å². The zero-order valence-electron chi connectivity index (χ0n) is 16.5. The molecule has 0 radical (unpaired) electrons. The maximum Gasteiger partial charge on any atom is 0.255 e. The number of hydrogen-bond acceptors (Lipinski definition) is 7. The number of aromatic nitrogens is 5. The quantitative estimate of drug-likeness (QED) is 0.470. The number of nitrogens with zero attached hydrogens (tertiary/aromatic N) is 6. The average molecular weight is 420 g/mol. The summed E-state index contributed by atoms with van der Waals surface area (Å²) < 4.78 is 7.14. The first kappa shape index (κ1) is 18.9. The molecular formula is C21H21N6O2P. The Morgan fingerprint density at radius 1 is 1.13 bits per heavy atom. The lowest BCUT2D eigenvalue weighted by Crippen LogP contribution is -2.37. The van der Waals surface area contributed by atoms with E-state index in [2.05, 4.69) is 41.4 Å². The molecule has 4 heterocycles. The summed E-state index contributed by atoms with van der Waals surface area (Å²) in [6.07, 6.45) is 4.94. The van der Waals surface area contributed by atoms with Gasteiger partial charge in [0.2, 0.25) is 5.95 Å². The van der Waals surface area contributed by atoms with Crippen LogP contribution in [0, 0.1) is 0 Å². The Balaban J connectivity index is 1.40. The van der Waals surface area contributed by atoms with Crippen LogP contribution in [0.15, 0.2) is 52.2 Å². The summed E-state index contributed by atoms with van der Waals surface area (Å²) in [6, 6.07) is 9.39. The van der Waals surface area contributed by atoms with E-state index in [0.29, 0.717) is 23.3 Å². The van der Waals surface area contributed by atoms with Crippen molar-refractivity contribution in [1.82, 2.24) is 24.7 Å². The minimum absolute atomic E-state index is 0.105. The predicted octanol–water partition coefficient (Wildman–Crippen LogP) is 2.26. The molecule has 0 spiro atoms. The van der Waals surface area contributed by atoms with E-state index in [0.717, 1.165) is 47.9 Å². The van der Waals surface area contributed by atoms with Crippen molar-refractivity contribution in [3.63, 3.8) is 0 Å². The van der Waals surface area contributed by atoms with Crippen molar-refractivity contribution in [2.24, 2.45) is 7.05 Å². The van der Waals surface area contributed by atoms with Gasteiger partial charge < -0.3 is 9.42 Å². The highest BCUT2D eigenvalue weighted by Gasteiger charge is 2.27. The van der Waals surface area contributed by atoms with Crippen LogP contribution in [0.4, 0.5) is 5.95 Å². The summed E-state index contributed by atoms with van der Waals surface area (Å²) in [5.41, 5.74) is 2.94. The molecule has 0 bridgehead atoms. The van der Waals surface area contributed by atoms with Crippen molar-refractivity contribution in [3.8, 4) is 11.4 Å². The summed E-state index contributed by atoms with van der Waals surface area (Å²) in [5.74, 6) is 0.979. The predicted molar refractivity (Wildman–Crippen MR) is 118 cm³/mol. The maximum absolute atomic E-state index is 12.5. The summed E-state index contributed by atoms with van der Waals surface area (Å²) in [7, 11) is 4.44. The lowest BCUT2D eigenvalue weighted by Gasteiger charge is -2.32. The standard InChI is InChI=1S/C21H21N6O2P/c1-26-19(28)11-17(16-4-7-22-12-23-16)24-21(26)27-8-5-13(6-9-27)20-15-3-2-14(30)10-18(15)29-25-20/h2-4,7,10-13H,5-6,8-9,30H2,1H3. The van der Waals surface area contributed by atoms with Crippen LogP contribution in [0.1, 0.15) is 24.5 Å². The SMILES string of the molecule is Cn1c(N2CCC(c3noc4cc(P)ccc34)CC2)nc(-c2ccncn2)cc1=O. The van der Waals surface area contributed by atoms with E-state index in [1.807, 2.05) is 6.07 Å². The molecule has 4 aromatic rings. The van der Waals surface area contributed by atoms with E-state index in [4.69, 9.17) is 9.51 Å². The molecule has 0 N–H and O–H groups in total. The van der Waals surface area contributed by atoms with Gasteiger partial charge in [-0.2, -0.15) is 0 Å². The Bertz CT molecular complexity index is 1260. The van der Waals surface area contributed by atoms with Crippen LogP contribution < -0.4 is 15.8 Å². The highest BCUT2D eigenvalue weighted by molar-refractivity contribution is 7.27. The fourth-order valence-corrected chi connectivity index (χ4v) is 4.25. The third-order valence-corrected chi connectivity index (χ3v) is 6.00. The van der Waals surface area contributed by atoms with E-state index in [-0.39, 0.29) is 5.56 Å². The minimum atomic E-state index is -0.105. The molecule has 30 heavy (non-hydrogen) atoms. The summed E-state index contributed by atoms with van der Waals surface area (Å²) >= 11 is 0. The molecule has 1 atom stereocenters. The first-order chi connectivity index (χ1) is 14.6. The molecule has 8 nitrogen and oxygen atoms in total. The van der Waals surface area contributed by atoms with Gasteiger partial charge in [-0.1, -0.05) is 11.2 Å². The van der Waals surface area contributed by atoms with Gasteiger partial charge in [0.25, 0.3) is 5.56 Å². The van der Waals surface area contributed by atoms with Crippen LogP contribution in [0.25, 0.3) is 22.4 Å². The zero-order valence-corrected chi connectivity index (χ0v) is 17.7. The van der Waals surface area contributed by atoms with Crippen molar-refractivity contribution < 1.29 is 4.52 Å².